The van der Waals surface area contributed by atoms with Gasteiger partial charge >= 0.3 is 0 Å². The molecule has 5 nitrogen and oxygen atoms in total. The zero-order chi connectivity index (χ0) is 18.5. The molecule has 26 heavy (non-hydrogen) atoms. The molecule has 0 spiro atoms. The molecule has 1 aromatic rings. The van der Waals surface area contributed by atoms with Crippen molar-refractivity contribution in [2.45, 2.75) is 58.4 Å². The first-order valence-corrected chi connectivity index (χ1v) is 10.0. The molecule has 0 aliphatic carbocycles. The topological polar surface area (TPSA) is 44.8 Å². The van der Waals surface area contributed by atoms with Gasteiger partial charge in [0.05, 0.1) is 12.2 Å². The fraction of sp³-hybridized carbons (Fsp3) is 0.667. The van der Waals surface area contributed by atoms with E-state index in [0.29, 0.717) is 6.04 Å². The van der Waals surface area contributed by atoms with E-state index in [2.05, 4.69) is 48.0 Å². The van der Waals surface area contributed by atoms with E-state index >= 15 is 0 Å². The highest BCUT2D eigenvalue weighted by atomic mass is 16.5. The van der Waals surface area contributed by atoms with Gasteiger partial charge in [0.25, 0.3) is 5.91 Å². The van der Waals surface area contributed by atoms with Gasteiger partial charge in [-0.25, -0.2) is 0 Å². The molecule has 3 rings (SSSR count). The number of benzene rings is 1. The van der Waals surface area contributed by atoms with Gasteiger partial charge < -0.3 is 15.0 Å². The first-order chi connectivity index (χ1) is 12.6. The van der Waals surface area contributed by atoms with Crippen LogP contribution in [-0.4, -0.2) is 66.7 Å². The Bertz CT molecular complexity index is 573. The van der Waals surface area contributed by atoms with Gasteiger partial charge in [-0.05, 0) is 50.9 Å². The maximum absolute atomic E-state index is 13.0. The summed E-state index contributed by atoms with van der Waals surface area (Å²) in [6.07, 6.45) is 2.61. The van der Waals surface area contributed by atoms with Gasteiger partial charge in [-0.2, -0.15) is 0 Å². The predicted octanol–water partition coefficient (Wildman–Crippen LogP) is 2.51. The lowest BCUT2D eigenvalue weighted by Gasteiger charge is -2.35. The van der Waals surface area contributed by atoms with E-state index in [1.54, 1.807) is 0 Å². The number of hydrogen-bond donors (Lipinski definition) is 1. The lowest BCUT2D eigenvalue weighted by atomic mass is 10.1. The summed E-state index contributed by atoms with van der Waals surface area (Å²) in [5.74, 6) is 0.167. The molecule has 0 radical (unpaired) electrons. The fourth-order valence-electron chi connectivity index (χ4n) is 4.19. The van der Waals surface area contributed by atoms with Gasteiger partial charge in [0.1, 0.15) is 0 Å². The number of amides is 1. The van der Waals surface area contributed by atoms with E-state index in [0.717, 1.165) is 57.7 Å². The average Bonchev–Trinajstić information content (AvgIpc) is 3.13. The van der Waals surface area contributed by atoms with Crippen molar-refractivity contribution in [2.24, 2.45) is 0 Å². The Morgan fingerprint density at radius 1 is 1.23 bits per heavy atom. The van der Waals surface area contributed by atoms with Crippen LogP contribution < -0.4 is 5.32 Å². The Hall–Kier alpha value is -1.43. The van der Waals surface area contributed by atoms with Crippen molar-refractivity contribution in [3.05, 3.63) is 35.4 Å². The van der Waals surface area contributed by atoms with Crippen molar-refractivity contribution in [1.82, 2.24) is 15.1 Å². The van der Waals surface area contributed by atoms with Gasteiger partial charge in [0, 0.05) is 44.3 Å². The van der Waals surface area contributed by atoms with Crippen LogP contribution in [0.3, 0.4) is 0 Å². The standard InChI is InChI=1S/C21H33N3O2/c1-4-11-24(20-9-10-22-12-20)21(25)19-7-5-18(6-8-19)15-23-13-16(2)26-17(3)14-23/h5-8,16-17,20,22H,4,9-15H2,1-3H3. The maximum Gasteiger partial charge on any atom is 0.254 e. The van der Waals surface area contributed by atoms with Crippen LogP contribution in [0.5, 0.6) is 0 Å². The van der Waals surface area contributed by atoms with Crippen molar-refractivity contribution in [1.29, 1.82) is 0 Å². The molecule has 3 unspecified atom stereocenters. The molecule has 1 N–H and O–H groups in total. The highest BCUT2D eigenvalue weighted by Gasteiger charge is 2.27. The SMILES string of the molecule is CCCN(C(=O)c1ccc(CN2CC(C)OC(C)C2)cc1)C1CCNC1. The molecule has 2 saturated heterocycles. The monoisotopic (exact) mass is 359 g/mol. The van der Waals surface area contributed by atoms with Crippen LogP contribution >= 0.6 is 0 Å². The van der Waals surface area contributed by atoms with Crippen LogP contribution in [0.4, 0.5) is 0 Å². The second-order valence-electron chi connectivity index (χ2n) is 7.79. The van der Waals surface area contributed by atoms with Gasteiger partial charge in [-0.3, -0.25) is 9.69 Å². The summed E-state index contributed by atoms with van der Waals surface area (Å²) in [6.45, 7) is 12.0. The molecule has 0 saturated carbocycles. The van der Waals surface area contributed by atoms with Crippen LogP contribution in [-0.2, 0) is 11.3 Å². The molecule has 2 aliphatic heterocycles. The largest absolute Gasteiger partial charge is 0.373 e. The first kappa shape index (κ1) is 19.3. The normalized spacial score (nSPS) is 26.8. The number of nitrogens with one attached hydrogen (secondary N) is 1. The number of carbonyl (C=O) groups excluding carboxylic acids is 1. The summed E-state index contributed by atoms with van der Waals surface area (Å²) in [5, 5.41) is 3.37. The lowest BCUT2D eigenvalue weighted by molar-refractivity contribution is -0.0704. The Balaban J connectivity index is 1.63. The second-order valence-corrected chi connectivity index (χ2v) is 7.79. The summed E-state index contributed by atoms with van der Waals surface area (Å²) in [7, 11) is 0. The zero-order valence-electron chi connectivity index (χ0n) is 16.4. The maximum atomic E-state index is 13.0. The van der Waals surface area contributed by atoms with Crippen molar-refractivity contribution in [3.63, 3.8) is 0 Å². The number of carbonyl (C=O) groups is 1. The summed E-state index contributed by atoms with van der Waals surface area (Å²) in [6, 6.07) is 8.54. The van der Waals surface area contributed by atoms with E-state index in [-0.39, 0.29) is 18.1 Å². The summed E-state index contributed by atoms with van der Waals surface area (Å²) < 4.78 is 5.81. The van der Waals surface area contributed by atoms with Crippen LogP contribution in [0, 0.1) is 0 Å². The number of ether oxygens (including phenoxy) is 1. The number of nitrogens with zero attached hydrogens (tertiary/aromatic N) is 2. The van der Waals surface area contributed by atoms with E-state index in [1.807, 2.05) is 12.1 Å². The van der Waals surface area contributed by atoms with Gasteiger partial charge in [0.2, 0.25) is 0 Å². The number of hydrogen-bond acceptors (Lipinski definition) is 4. The summed E-state index contributed by atoms with van der Waals surface area (Å²) in [4.78, 5) is 17.5. The lowest BCUT2D eigenvalue weighted by Crippen LogP contribution is -2.44. The third-order valence-electron chi connectivity index (χ3n) is 5.30. The Labute approximate surface area is 157 Å². The molecule has 1 aromatic carbocycles. The smallest absolute Gasteiger partial charge is 0.254 e. The average molecular weight is 360 g/mol. The quantitative estimate of drug-likeness (QED) is 0.848. The number of rotatable bonds is 6. The molecule has 2 fully saturated rings. The van der Waals surface area contributed by atoms with Crippen molar-refractivity contribution >= 4 is 5.91 Å². The molecule has 0 aromatic heterocycles. The molecule has 144 valence electrons. The van der Waals surface area contributed by atoms with E-state index < -0.39 is 0 Å². The molecular formula is C21H33N3O2. The van der Waals surface area contributed by atoms with Crippen LogP contribution in [0.15, 0.2) is 24.3 Å². The van der Waals surface area contributed by atoms with Crippen LogP contribution in [0.25, 0.3) is 0 Å². The van der Waals surface area contributed by atoms with E-state index in [1.165, 1.54) is 5.56 Å². The Morgan fingerprint density at radius 3 is 2.50 bits per heavy atom. The minimum atomic E-state index is 0.167. The molecule has 2 aliphatic rings. The van der Waals surface area contributed by atoms with Gasteiger partial charge in [-0.15, -0.1) is 0 Å². The van der Waals surface area contributed by atoms with Crippen molar-refractivity contribution in [2.75, 3.05) is 32.7 Å². The molecule has 0 bridgehead atoms. The summed E-state index contributed by atoms with van der Waals surface area (Å²) >= 11 is 0. The Kier molecular flexibility index (Phi) is 6.68. The van der Waals surface area contributed by atoms with E-state index in [4.69, 9.17) is 4.74 Å². The number of morpholine rings is 1. The highest BCUT2D eigenvalue weighted by Crippen LogP contribution is 2.17. The molecule has 1 amide bonds. The first-order valence-electron chi connectivity index (χ1n) is 10.0. The van der Waals surface area contributed by atoms with Gasteiger partial charge in [-0.1, -0.05) is 19.1 Å². The van der Waals surface area contributed by atoms with E-state index in [9.17, 15) is 4.79 Å². The Morgan fingerprint density at radius 2 is 1.92 bits per heavy atom. The highest BCUT2D eigenvalue weighted by molar-refractivity contribution is 5.94. The van der Waals surface area contributed by atoms with Crippen LogP contribution in [0.2, 0.25) is 0 Å². The third-order valence-corrected chi connectivity index (χ3v) is 5.30. The minimum absolute atomic E-state index is 0.167. The zero-order valence-corrected chi connectivity index (χ0v) is 16.4. The molecular weight excluding hydrogens is 326 g/mol. The van der Waals surface area contributed by atoms with Gasteiger partial charge in [0.15, 0.2) is 0 Å². The molecule has 5 heteroatoms. The van der Waals surface area contributed by atoms with Crippen LogP contribution in [0.1, 0.15) is 49.5 Å². The minimum Gasteiger partial charge on any atom is -0.373 e. The predicted molar refractivity (Wildman–Crippen MR) is 104 cm³/mol. The molecule has 2 heterocycles. The summed E-state index contributed by atoms with van der Waals surface area (Å²) in [5.41, 5.74) is 2.06. The second kappa shape index (κ2) is 8.98. The third kappa shape index (κ3) is 4.84. The van der Waals surface area contributed by atoms with Crippen molar-refractivity contribution < 1.29 is 9.53 Å². The molecule has 3 atom stereocenters. The fourth-order valence-corrected chi connectivity index (χ4v) is 4.19. The van der Waals surface area contributed by atoms with Crippen molar-refractivity contribution in [3.8, 4) is 0 Å².